The van der Waals surface area contributed by atoms with Crippen molar-refractivity contribution in [2.75, 3.05) is 18.4 Å². The van der Waals surface area contributed by atoms with Crippen LogP contribution in [-0.2, 0) is 0 Å². The number of hydrogen-bond acceptors (Lipinski definition) is 5. The summed E-state index contributed by atoms with van der Waals surface area (Å²) in [5.74, 6) is -0.776. The van der Waals surface area contributed by atoms with Gasteiger partial charge in [-0.05, 0) is 18.4 Å². The third-order valence-electron chi connectivity index (χ3n) is 3.34. The Bertz CT molecular complexity index is 790. The summed E-state index contributed by atoms with van der Waals surface area (Å²) in [4.78, 5) is 24.7. The van der Waals surface area contributed by atoms with Gasteiger partial charge in [0.15, 0.2) is 11.5 Å². The monoisotopic (exact) mass is 331 g/mol. The average molecular weight is 331 g/mol. The zero-order valence-electron chi connectivity index (χ0n) is 12.2. The number of benzene rings is 2. The van der Waals surface area contributed by atoms with Gasteiger partial charge in [0.2, 0.25) is 6.79 Å². The zero-order chi connectivity index (χ0) is 16.4. The molecule has 2 aromatic carbocycles. The lowest BCUT2D eigenvalue weighted by Gasteiger charge is -2.11. The molecule has 0 saturated carbocycles. The Morgan fingerprint density at radius 1 is 1.13 bits per heavy atom. The third-order valence-corrected chi connectivity index (χ3v) is 4.14. The third kappa shape index (κ3) is 2.95. The van der Waals surface area contributed by atoms with E-state index in [1.54, 1.807) is 12.1 Å². The molecule has 0 aromatic heterocycles. The van der Waals surface area contributed by atoms with Crippen molar-refractivity contribution < 1.29 is 24.2 Å². The van der Waals surface area contributed by atoms with Crippen LogP contribution in [-0.4, -0.2) is 30.0 Å². The summed E-state index contributed by atoms with van der Waals surface area (Å²) in [6.07, 6.45) is 1.87. The highest BCUT2D eigenvalue weighted by atomic mass is 32.2. The first-order chi connectivity index (χ1) is 11.1. The van der Waals surface area contributed by atoms with Gasteiger partial charge in [0.1, 0.15) is 0 Å². The van der Waals surface area contributed by atoms with Crippen LogP contribution in [0.3, 0.4) is 0 Å². The number of carbonyl (C=O) groups is 2. The topological polar surface area (TPSA) is 84.9 Å². The molecule has 1 amide bonds. The lowest BCUT2D eigenvalue weighted by molar-refractivity contribution is 0.0697. The van der Waals surface area contributed by atoms with Crippen LogP contribution in [0.1, 0.15) is 20.7 Å². The van der Waals surface area contributed by atoms with Gasteiger partial charge < -0.3 is 19.9 Å². The number of rotatable bonds is 4. The maximum Gasteiger partial charge on any atom is 0.337 e. The normalized spacial score (nSPS) is 12.0. The van der Waals surface area contributed by atoms with E-state index in [9.17, 15) is 14.7 Å². The fourth-order valence-electron chi connectivity index (χ4n) is 2.24. The van der Waals surface area contributed by atoms with Gasteiger partial charge in [-0.15, -0.1) is 11.8 Å². The lowest BCUT2D eigenvalue weighted by Crippen LogP contribution is -2.15. The highest BCUT2D eigenvalue weighted by molar-refractivity contribution is 7.98. The number of hydrogen-bond donors (Lipinski definition) is 2. The van der Waals surface area contributed by atoms with Crippen LogP contribution in [0.25, 0.3) is 0 Å². The number of thioether (sulfide) groups is 1. The molecule has 0 unspecified atom stereocenters. The highest BCUT2D eigenvalue weighted by Crippen LogP contribution is 2.37. The molecule has 1 aliphatic rings. The zero-order valence-corrected chi connectivity index (χ0v) is 13.0. The Morgan fingerprint density at radius 2 is 1.83 bits per heavy atom. The molecule has 0 spiro atoms. The smallest absolute Gasteiger partial charge is 0.337 e. The summed E-state index contributed by atoms with van der Waals surface area (Å²) in [7, 11) is 0. The minimum absolute atomic E-state index is 0.0289. The van der Waals surface area contributed by atoms with E-state index in [-0.39, 0.29) is 24.0 Å². The molecule has 0 bridgehead atoms. The van der Waals surface area contributed by atoms with Gasteiger partial charge in [-0.2, -0.15) is 0 Å². The molecule has 0 radical (unpaired) electrons. The van der Waals surface area contributed by atoms with Gasteiger partial charge in [0, 0.05) is 17.0 Å². The van der Waals surface area contributed by atoms with Crippen LogP contribution in [0.4, 0.5) is 5.69 Å². The summed E-state index contributed by atoms with van der Waals surface area (Å²) in [5, 5.41) is 12.0. The number of amides is 1. The Kier molecular flexibility index (Phi) is 4.12. The van der Waals surface area contributed by atoms with E-state index in [1.807, 2.05) is 18.4 Å². The molecule has 1 heterocycles. The minimum Gasteiger partial charge on any atom is -0.478 e. The Hall–Kier alpha value is -2.67. The van der Waals surface area contributed by atoms with E-state index in [2.05, 4.69) is 5.32 Å². The molecule has 0 saturated heterocycles. The number of aromatic carboxylic acids is 1. The summed E-state index contributed by atoms with van der Waals surface area (Å²) in [6, 6.07) is 9.93. The van der Waals surface area contributed by atoms with Crippen LogP contribution in [0.15, 0.2) is 41.3 Å². The quantitative estimate of drug-likeness (QED) is 0.838. The van der Waals surface area contributed by atoms with Gasteiger partial charge in [0.05, 0.1) is 16.8 Å². The maximum absolute atomic E-state index is 12.5. The summed E-state index contributed by atoms with van der Waals surface area (Å²) < 4.78 is 10.4. The first-order valence-corrected chi connectivity index (χ1v) is 7.94. The fraction of sp³-hybridized carbons (Fsp3) is 0.125. The Morgan fingerprint density at radius 3 is 2.52 bits per heavy atom. The molecular formula is C16H13NO5S. The van der Waals surface area contributed by atoms with Crippen molar-refractivity contribution >= 4 is 29.3 Å². The van der Waals surface area contributed by atoms with Crippen molar-refractivity contribution in [3.8, 4) is 11.5 Å². The molecule has 7 heteroatoms. The van der Waals surface area contributed by atoms with Crippen LogP contribution in [0, 0.1) is 0 Å². The summed E-state index contributed by atoms with van der Waals surface area (Å²) in [6.45, 7) is 0.0289. The molecule has 0 aliphatic carbocycles. The molecule has 0 fully saturated rings. The van der Waals surface area contributed by atoms with Gasteiger partial charge in [-0.1, -0.05) is 12.1 Å². The first kappa shape index (κ1) is 15.2. The summed E-state index contributed by atoms with van der Waals surface area (Å²) in [5.41, 5.74) is 0.598. The second-order valence-electron chi connectivity index (χ2n) is 4.71. The van der Waals surface area contributed by atoms with Crippen LogP contribution in [0.5, 0.6) is 11.5 Å². The van der Waals surface area contributed by atoms with Crippen molar-refractivity contribution in [2.45, 2.75) is 4.90 Å². The van der Waals surface area contributed by atoms with Crippen molar-refractivity contribution in [1.29, 1.82) is 0 Å². The largest absolute Gasteiger partial charge is 0.478 e. The molecule has 6 nitrogen and oxygen atoms in total. The number of ether oxygens (including phenoxy) is 2. The van der Waals surface area contributed by atoms with E-state index in [0.29, 0.717) is 17.1 Å². The van der Waals surface area contributed by atoms with Crippen molar-refractivity contribution in [3.05, 3.63) is 47.5 Å². The number of carboxylic acids is 1. The number of carbonyl (C=O) groups excluding carboxylic acids is 1. The van der Waals surface area contributed by atoms with Crippen molar-refractivity contribution in [2.24, 2.45) is 0 Å². The number of fused-ring (bicyclic) bond motifs is 1. The number of nitrogens with one attached hydrogen (secondary N) is 1. The Balaban J connectivity index is 1.96. The van der Waals surface area contributed by atoms with E-state index < -0.39 is 5.97 Å². The van der Waals surface area contributed by atoms with E-state index in [0.717, 1.165) is 4.90 Å². The van der Waals surface area contributed by atoms with E-state index in [4.69, 9.17) is 9.47 Å². The van der Waals surface area contributed by atoms with E-state index in [1.165, 1.54) is 23.9 Å². The molecular weight excluding hydrogens is 318 g/mol. The molecule has 3 rings (SSSR count). The van der Waals surface area contributed by atoms with Gasteiger partial charge >= 0.3 is 5.97 Å². The Labute approximate surface area is 136 Å². The summed E-state index contributed by atoms with van der Waals surface area (Å²) >= 11 is 1.44. The van der Waals surface area contributed by atoms with Crippen molar-refractivity contribution in [1.82, 2.24) is 0 Å². The first-order valence-electron chi connectivity index (χ1n) is 6.71. The number of carboxylic acid groups (broad SMARTS) is 1. The average Bonchev–Trinajstić information content (AvgIpc) is 3.01. The van der Waals surface area contributed by atoms with Gasteiger partial charge in [0.25, 0.3) is 5.91 Å². The van der Waals surface area contributed by atoms with Gasteiger partial charge in [-0.25, -0.2) is 4.79 Å². The maximum atomic E-state index is 12.5. The minimum atomic E-state index is -1.16. The fourth-order valence-corrected chi connectivity index (χ4v) is 2.84. The number of anilines is 1. The lowest BCUT2D eigenvalue weighted by atomic mass is 10.1. The standard InChI is InChI=1S/C16H13NO5S/c1-23-14-5-3-2-4-9(14)15(18)17-11-7-13-12(21-8-22-13)6-10(11)16(19)20/h2-7H,8H2,1H3,(H,17,18)(H,19,20). The van der Waals surface area contributed by atoms with Crippen LogP contribution in [0.2, 0.25) is 0 Å². The highest BCUT2D eigenvalue weighted by Gasteiger charge is 2.22. The SMILES string of the molecule is CSc1ccccc1C(=O)Nc1cc2c(cc1C(=O)O)OCO2. The molecule has 1 aliphatic heterocycles. The van der Waals surface area contributed by atoms with Crippen LogP contribution >= 0.6 is 11.8 Å². The second kappa shape index (κ2) is 6.21. The van der Waals surface area contributed by atoms with Crippen LogP contribution < -0.4 is 14.8 Å². The second-order valence-corrected chi connectivity index (χ2v) is 5.56. The molecule has 2 N–H and O–H groups in total. The van der Waals surface area contributed by atoms with Crippen molar-refractivity contribution in [3.63, 3.8) is 0 Å². The van der Waals surface area contributed by atoms with E-state index >= 15 is 0 Å². The molecule has 23 heavy (non-hydrogen) atoms. The molecule has 118 valence electrons. The molecule has 0 atom stereocenters. The predicted octanol–water partition coefficient (Wildman–Crippen LogP) is 3.09. The van der Waals surface area contributed by atoms with Gasteiger partial charge in [-0.3, -0.25) is 4.79 Å². The molecule has 2 aromatic rings. The predicted molar refractivity (Wildman–Crippen MR) is 85.7 cm³/mol.